The maximum absolute atomic E-state index is 12.9. The topological polar surface area (TPSA) is 108 Å². The van der Waals surface area contributed by atoms with Crippen LogP contribution < -0.4 is 0 Å². The lowest BCUT2D eigenvalue weighted by Gasteiger charge is -2.24. The molecule has 0 aromatic heterocycles. The largest absolute Gasteiger partial charge is 0.472 e. The van der Waals surface area contributed by atoms with Crippen LogP contribution in [0.3, 0.4) is 0 Å². The second-order valence-electron chi connectivity index (χ2n) is 30.6. The zero-order valence-corrected chi connectivity index (χ0v) is 66.9. The smallest absolute Gasteiger partial charge is 0.462 e. The molecule has 0 saturated heterocycles. The second kappa shape index (κ2) is 78.8. The first-order valence-corrected chi connectivity index (χ1v) is 44.5. The summed E-state index contributed by atoms with van der Waals surface area (Å²) in [6, 6.07) is 0. The van der Waals surface area contributed by atoms with Crippen LogP contribution in [-0.2, 0) is 32.7 Å². The number of phosphoric ester groups is 1. The summed E-state index contributed by atoms with van der Waals surface area (Å²) in [6.45, 7) is 4.40. The molecular weight excluding hydrogens is 1230 g/mol. The molecule has 0 rings (SSSR count). The third-order valence-electron chi connectivity index (χ3n) is 19.6. The van der Waals surface area contributed by atoms with Crippen LogP contribution in [0, 0.1) is 0 Å². The van der Waals surface area contributed by atoms with E-state index in [0.29, 0.717) is 23.9 Å². The molecule has 0 aliphatic carbocycles. The molecule has 1 N–H and O–H groups in total. The van der Waals surface area contributed by atoms with Crippen molar-refractivity contribution < 1.29 is 42.1 Å². The van der Waals surface area contributed by atoms with E-state index in [1.807, 2.05) is 21.1 Å². The van der Waals surface area contributed by atoms with Crippen molar-refractivity contribution in [1.29, 1.82) is 0 Å². The molecule has 0 aromatic carbocycles. The minimum atomic E-state index is -4.40. The number of carbonyl (C=O) groups is 2. The van der Waals surface area contributed by atoms with Crippen molar-refractivity contribution in [2.45, 2.75) is 444 Å². The number of carbonyl (C=O) groups excluding carboxylic acids is 2. The summed E-state index contributed by atoms with van der Waals surface area (Å²) in [4.78, 5) is 36.0. The molecule has 0 aromatic rings. The number of esters is 2. The van der Waals surface area contributed by atoms with Gasteiger partial charge in [0.2, 0.25) is 0 Å². The zero-order chi connectivity index (χ0) is 71.1. The molecule has 0 spiro atoms. The highest BCUT2D eigenvalue weighted by atomic mass is 31.2. The van der Waals surface area contributed by atoms with E-state index < -0.39 is 26.5 Å². The minimum absolute atomic E-state index is 0.0336. The van der Waals surface area contributed by atoms with E-state index >= 15 is 0 Å². The Morgan fingerprint density at radius 1 is 0.327 bits per heavy atom. The number of ether oxygens (including phenoxy) is 2. The van der Waals surface area contributed by atoms with Crippen molar-refractivity contribution in [3.05, 3.63) is 60.8 Å². The molecule has 98 heavy (non-hydrogen) atoms. The Balaban J connectivity index is 3.86. The van der Waals surface area contributed by atoms with Crippen molar-refractivity contribution in [2.24, 2.45) is 0 Å². The van der Waals surface area contributed by atoms with E-state index in [1.165, 1.54) is 340 Å². The lowest BCUT2D eigenvalue weighted by molar-refractivity contribution is -0.870. The van der Waals surface area contributed by atoms with E-state index in [9.17, 15) is 19.0 Å². The first-order valence-electron chi connectivity index (χ1n) is 43.0. The lowest BCUT2D eigenvalue weighted by Crippen LogP contribution is -2.37. The van der Waals surface area contributed by atoms with Crippen LogP contribution in [0.15, 0.2) is 60.8 Å². The van der Waals surface area contributed by atoms with Crippen molar-refractivity contribution in [2.75, 3.05) is 47.5 Å². The van der Waals surface area contributed by atoms with Gasteiger partial charge in [-0.05, 0) is 57.8 Å². The average molecular weight is 1400 g/mol. The van der Waals surface area contributed by atoms with Crippen molar-refractivity contribution in [3.63, 3.8) is 0 Å². The standard InChI is InChI=1S/C88H166NO8P/c1-6-8-10-12-14-16-18-20-22-24-26-28-30-32-34-36-38-40-41-42-43-44-45-46-47-49-50-52-54-56-58-60-62-64-66-68-70-72-74-76-78-80-87(90)94-84-86(85-96-98(92,93)95-83-82-89(3,4)5)97-88(91)81-79-77-75-73-71-69-67-65-63-61-59-57-55-53-51-48-39-37-35-33-31-29-27-25-23-21-19-17-15-13-11-9-7-2/h9,11,15,17,21,23,27,29,33,35,86H,6-8,10,12-14,16,18-20,22,24-26,28,30-32,34,36-85H2,1-5H3/p+1/b11-9-,17-15-,23-21-,29-27-,35-33-. The third kappa shape index (κ3) is 82.7. The molecule has 0 aliphatic heterocycles. The Labute approximate surface area is 610 Å². The van der Waals surface area contributed by atoms with Gasteiger partial charge in [-0.1, -0.05) is 428 Å². The summed E-state index contributed by atoms with van der Waals surface area (Å²) >= 11 is 0. The van der Waals surface area contributed by atoms with E-state index in [4.69, 9.17) is 18.5 Å². The van der Waals surface area contributed by atoms with Crippen molar-refractivity contribution in [3.8, 4) is 0 Å². The van der Waals surface area contributed by atoms with Gasteiger partial charge >= 0.3 is 19.8 Å². The highest BCUT2D eigenvalue weighted by Crippen LogP contribution is 2.43. The van der Waals surface area contributed by atoms with E-state index in [2.05, 4.69) is 74.6 Å². The quantitative estimate of drug-likeness (QED) is 0.0211. The molecule has 2 unspecified atom stereocenters. The van der Waals surface area contributed by atoms with Gasteiger partial charge in [-0.2, -0.15) is 0 Å². The summed E-state index contributed by atoms with van der Waals surface area (Å²) in [7, 11) is 1.50. The third-order valence-corrected chi connectivity index (χ3v) is 20.5. The van der Waals surface area contributed by atoms with Crippen LogP contribution in [0.25, 0.3) is 0 Å². The Morgan fingerprint density at radius 3 is 0.867 bits per heavy atom. The molecule has 0 fully saturated rings. The Hall–Kier alpha value is -2.29. The van der Waals surface area contributed by atoms with Gasteiger partial charge in [-0.15, -0.1) is 0 Å². The maximum Gasteiger partial charge on any atom is 0.472 e. The van der Waals surface area contributed by atoms with Gasteiger partial charge in [-0.25, -0.2) is 4.57 Å². The highest BCUT2D eigenvalue weighted by molar-refractivity contribution is 7.47. The predicted molar refractivity (Wildman–Crippen MR) is 427 cm³/mol. The molecule has 0 heterocycles. The van der Waals surface area contributed by atoms with Gasteiger partial charge in [0.05, 0.1) is 27.7 Å². The summed E-state index contributed by atoms with van der Waals surface area (Å²) < 4.78 is 34.9. The van der Waals surface area contributed by atoms with Gasteiger partial charge in [0.15, 0.2) is 6.10 Å². The monoisotopic (exact) mass is 1400 g/mol. The second-order valence-corrected chi connectivity index (χ2v) is 32.0. The molecular formula is C88H167NO8P+. The van der Waals surface area contributed by atoms with E-state index in [0.717, 1.165) is 64.2 Å². The van der Waals surface area contributed by atoms with Crippen LogP contribution in [0.5, 0.6) is 0 Å². The predicted octanol–water partition coefficient (Wildman–Crippen LogP) is 28.8. The van der Waals surface area contributed by atoms with Crippen LogP contribution in [-0.4, -0.2) is 74.9 Å². The zero-order valence-electron chi connectivity index (χ0n) is 66.0. The average Bonchev–Trinajstić information content (AvgIpc) is 1.08. The Bertz CT molecular complexity index is 1840. The summed E-state index contributed by atoms with van der Waals surface area (Å²) in [5.41, 5.74) is 0. The Kier molecular flexibility index (Phi) is 77.0. The van der Waals surface area contributed by atoms with Gasteiger partial charge in [0.1, 0.15) is 19.8 Å². The summed E-state index contributed by atoms with van der Waals surface area (Å²) in [5, 5.41) is 0. The molecule has 0 radical (unpaired) electrons. The van der Waals surface area contributed by atoms with Gasteiger partial charge in [0, 0.05) is 12.8 Å². The molecule has 9 nitrogen and oxygen atoms in total. The SMILES string of the molecule is CC/C=C\C/C=C\C/C=C\C/C=C\C/C=C\CCCCCCCCCCCCCCCCCCCC(=O)OC(COC(=O)CCCCCCCCCCCCCCCCCCCCCCCCCCCCCCCCCCCCCCCCCCC)COP(=O)(O)OCC[N+](C)(C)C. The Morgan fingerprint density at radius 2 is 0.582 bits per heavy atom. The summed E-state index contributed by atoms with van der Waals surface area (Å²) in [5.74, 6) is -0.774. The molecule has 0 amide bonds. The number of quaternary nitrogens is 1. The van der Waals surface area contributed by atoms with E-state index in [-0.39, 0.29) is 25.6 Å². The number of allylic oxidation sites excluding steroid dienone is 10. The molecule has 0 aliphatic rings. The van der Waals surface area contributed by atoms with Crippen molar-refractivity contribution in [1.82, 2.24) is 0 Å². The van der Waals surface area contributed by atoms with Gasteiger partial charge in [0.25, 0.3) is 0 Å². The summed E-state index contributed by atoms with van der Waals surface area (Å²) in [6.07, 6.45) is 107. The minimum Gasteiger partial charge on any atom is -0.462 e. The van der Waals surface area contributed by atoms with Crippen LogP contribution in [0.2, 0.25) is 0 Å². The number of likely N-dealkylation sites (N-methyl/N-ethyl adjacent to an activating group) is 1. The number of nitrogens with zero attached hydrogens (tertiary/aromatic N) is 1. The fourth-order valence-electron chi connectivity index (χ4n) is 13.1. The van der Waals surface area contributed by atoms with Crippen LogP contribution in [0.1, 0.15) is 438 Å². The first kappa shape index (κ1) is 95.7. The number of phosphoric acid groups is 1. The van der Waals surface area contributed by atoms with E-state index in [1.54, 1.807) is 0 Å². The maximum atomic E-state index is 12.9. The lowest BCUT2D eigenvalue weighted by atomic mass is 10.0. The number of hydrogen-bond donors (Lipinski definition) is 1. The number of unbranched alkanes of at least 4 members (excludes halogenated alkanes) is 57. The number of rotatable bonds is 81. The molecule has 576 valence electrons. The fraction of sp³-hybridized carbons (Fsp3) is 0.864. The van der Waals surface area contributed by atoms with Crippen molar-refractivity contribution >= 4 is 19.8 Å². The van der Waals surface area contributed by atoms with Crippen LogP contribution >= 0.6 is 7.82 Å². The molecule has 2 atom stereocenters. The molecule has 10 heteroatoms. The molecule has 0 bridgehead atoms. The molecule has 0 saturated carbocycles. The number of hydrogen-bond acceptors (Lipinski definition) is 7. The highest BCUT2D eigenvalue weighted by Gasteiger charge is 2.27. The normalized spacial score (nSPS) is 13.2. The van der Waals surface area contributed by atoms with Gasteiger partial charge < -0.3 is 18.9 Å². The fourth-order valence-corrected chi connectivity index (χ4v) is 13.8. The van der Waals surface area contributed by atoms with Crippen LogP contribution in [0.4, 0.5) is 0 Å². The van der Waals surface area contributed by atoms with Gasteiger partial charge in [-0.3, -0.25) is 18.6 Å². The first-order chi connectivity index (χ1) is 48.0.